The first kappa shape index (κ1) is 12.7. The van der Waals surface area contributed by atoms with Crippen LogP contribution in [0.2, 0.25) is 0 Å². The molecular formula is C17H17N3. The van der Waals surface area contributed by atoms with E-state index in [1.807, 2.05) is 19.1 Å². The lowest BCUT2D eigenvalue weighted by molar-refractivity contribution is 0.789. The Hall–Kier alpha value is -2.34. The summed E-state index contributed by atoms with van der Waals surface area (Å²) in [6, 6.07) is 14.8. The van der Waals surface area contributed by atoms with Crippen LogP contribution in [0.3, 0.4) is 0 Å². The molecule has 3 nitrogen and oxygen atoms in total. The first-order valence-corrected chi connectivity index (χ1v) is 6.97. The monoisotopic (exact) mass is 263 g/mol. The third-order valence-electron chi connectivity index (χ3n) is 3.93. The second kappa shape index (κ2) is 5.34. The number of nitrogens with zero attached hydrogens (tertiary/aromatic N) is 3. The molecule has 1 aliphatic heterocycles. The molecule has 0 radical (unpaired) electrons. The molecule has 1 aromatic heterocycles. The van der Waals surface area contributed by atoms with Crippen LogP contribution in [0, 0.1) is 18.3 Å². The van der Waals surface area contributed by atoms with Gasteiger partial charge in [0.1, 0.15) is 17.6 Å². The van der Waals surface area contributed by atoms with Crippen LogP contribution in [0.1, 0.15) is 22.4 Å². The van der Waals surface area contributed by atoms with Crippen LogP contribution in [-0.2, 0) is 12.8 Å². The Kier molecular flexibility index (Phi) is 3.39. The molecule has 0 spiro atoms. The van der Waals surface area contributed by atoms with Crippen molar-refractivity contribution in [2.24, 2.45) is 0 Å². The van der Waals surface area contributed by atoms with Gasteiger partial charge in [0.2, 0.25) is 0 Å². The quantitative estimate of drug-likeness (QED) is 0.794. The van der Waals surface area contributed by atoms with E-state index in [1.54, 1.807) is 0 Å². The topological polar surface area (TPSA) is 39.9 Å². The zero-order chi connectivity index (χ0) is 13.9. The number of aryl methyl sites for hydroxylation is 1. The molecular weight excluding hydrogens is 246 g/mol. The SMILES string of the molecule is Cc1ccc(N2CCc3ccccc3CC2)nc1C#N. The highest BCUT2D eigenvalue weighted by Gasteiger charge is 2.15. The van der Waals surface area contributed by atoms with Crippen molar-refractivity contribution in [2.45, 2.75) is 19.8 Å². The lowest BCUT2D eigenvalue weighted by Gasteiger charge is -2.21. The van der Waals surface area contributed by atoms with Crippen LogP contribution in [0.25, 0.3) is 0 Å². The molecule has 0 saturated carbocycles. The molecule has 3 heteroatoms. The molecule has 0 unspecified atom stereocenters. The van der Waals surface area contributed by atoms with Gasteiger partial charge in [0.05, 0.1) is 0 Å². The van der Waals surface area contributed by atoms with Gasteiger partial charge in [0, 0.05) is 13.1 Å². The summed E-state index contributed by atoms with van der Waals surface area (Å²) < 4.78 is 0. The summed E-state index contributed by atoms with van der Waals surface area (Å²) in [7, 11) is 0. The van der Waals surface area contributed by atoms with Gasteiger partial charge in [-0.3, -0.25) is 0 Å². The van der Waals surface area contributed by atoms with Gasteiger partial charge >= 0.3 is 0 Å². The zero-order valence-corrected chi connectivity index (χ0v) is 11.6. The minimum Gasteiger partial charge on any atom is -0.356 e. The highest BCUT2D eigenvalue weighted by molar-refractivity contribution is 5.46. The molecule has 0 aliphatic carbocycles. The lowest BCUT2D eigenvalue weighted by atomic mass is 10.0. The number of pyridine rings is 1. The van der Waals surface area contributed by atoms with Crippen LogP contribution < -0.4 is 4.90 Å². The fourth-order valence-electron chi connectivity index (χ4n) is 2.70. The fourth-order valence-corrected chi connectivity index (χ4v) is 2.70. The number of aromatic nitrogens is 1. The third kappa shape index (κ3) is 2.37. The van der Waals surface area contributed by atoms with Crippen molar-refractivity contribution >= 4 is 5.82 Å². The zero-order valence-electron chi connectivity index (χ0n) is 11.6. The Morgan fingerprint density at radius 3 is 2.30 bits per heavy atom. The summed E-state index contributed by atoms with van der Waals surface area (Å²) in [6.45, 7) is 3.84. The van der Waals surface area contributed by atoms with E-state index in [0.717, 1.165) is 37.3 Å². The van der Waals surface area contributed by atoms with Crippen LogP contribution in [0.4, 0.5) is 5.82 Å². The van der Waals surface area contributed by atoms with E-state index in [9.17, 15) is 0 Å². The Bertz CT molecular complexity index is 643. The minimum absolute atomic E-state index is 0.532. The second-order valence-corrected chi connectivity index (χ2v) is 5.20. The molecule has 0 bridgehead atoms. The predicted molar refractivity (Wildman–Crippen MR) is 79.8 cm³/mol. The maximum Gasteiger partial charge on any atom is 0.145 e. The number of rotatable bonds is 1. The summed E-state index contributed by atoms with van der Waals surface area (Å²) in [6.07, 6.45) is 2.07. The molecule has 0 amide bonds. The standard InChI is InChI=1S/C17H17N3/c1-13-6-7-17(19-16(13)12-18)20-10-8-14-4-2-3-5-15(14)9-11-20/h2-7H,8-11H2,1H3. The van der Waals surface area contributed by atoms with E-state index in [-0.39, 0.29) is 0 Å². The summed E-state index contributed by atoms with van der Waals surface area (Å²) >= 11 is 0. The molecule has 20 heavy (non-hydrogen) atoms. The number of anilines is 1. The van der Waals surface area contributed by atoms with E-state index in [2.05, 4.69) is 40.2 Å². The number of hydrogen-bond acceptors (Lipinski definition) is 3. The van der Waals surface area contributed by atoms with Crippen molar-refractivity contribution in [3.8, 4) is 6.07 Å². The van der Waals surface area contributed by atoms with Crippen molar-refractivity contribution < 1.29 is 0 Å². The first-order chi connectivity index (χ1) is 9.78. The average Bonchev–Trinajstić information content (AvgIpc) is 2.70. The van der Waals surface area contributed by atoms with Crippen molar-refractivity contribution in [1.29, 1.82) is 5.26 Å². The molecule has 3 rings (SSSR count). The number of hydrogen-bond donors (Lipinski definition) is 0. The molecule has 1 aromatic carbocycles. The Morgan fingerprint density at radius 1 is 1.05 bits per heavy atom. The van der Waals surface area contributed by atoms with Crippen molar-refractivity contribution in [1.82, 2.24) is 4.98 Å². The fraction of sp³-hybridized carbons (Fsp3) is 0.294. The van der Waals surface area contributed by atoms with E-state index in [4.69, 9.17) is 5.26 Å². The number of fused-ring (bicyclic) bond motifs is 1. The normalized spacial score (nSPS) is 14.3. The van der Waals surface area contributed by atoms with Gasteiger partial charge in [-0.05, 0) is 42.5 Å². The lowest BCUT2D eigenvalue weighted by Crippen LogP contribution is -2.27. The van der Waals surface area contributed by atoms with Crippen molar-refractivity contribution in [3.63, 3.8) is 0 Å². The van der Waals surface area contributed by atoms with Gasteiger partial charge in [0.15, 0.2) is 0 Å². The van der Waals surface area contributed by atoms with E-state index >= 15 is 0 Å². The summed E-state index contributed by atoms with van der Waals surface area (Å²) in [4.78, 5) is 6.76. The molecule has 100 valence electrons. The number of nitriles is 1. The second-order valence-electron chi connectivity index (χ2n) is 5.20. The minimum atomic E-state index is 0.532. The van der Waals surface area contributed by atoms with Gasteiger partial charge < -0.3 is 4.90 Å². The van der Waals surface area contributed by atoms with E-state index in [1.165, 1.54) is 11.1 Å². The molecule has 0 N–H and O–H groups in total. The first-order valence-electron chi connectivity index (χ1n) is 6.97. The van der Waals surface area contributed by atoms with E-state index < -0.39 is 0 Å². The molecule has 0 atom stereocenters. The van der Waals surface area contributed by atoms with Gasteiger partial charge in [-0.15, -0.1) is 0 Å². The van der Waals surface area contributed by atoms with E-state index in [0.29, 0.717) is 5.69 Å². The Labute approximate surface area is 119 Å². The van der Waals surface area contributed by atoms with Gasteiger partial charge in [-0.2, -0.15) is 5.26 Å². The highest BCUT2D eigenvalue weighted by Crippen LogP contribution is 2.20. The van der Waals surface area contributed by atoms with Gasteiger partial charge in [-0.25, -0.2) is 4.98 Å². The molecule has 1 aliphatic rings. The molecule has 0 fully saturated rings. The molecule has 2 aromatic rings. The summed E-state index contributed by atoms with van der Waals surface area (Å²) in [5, 5.41) is 9.11. The smallest absolute Gasteiger partial charge is 0.145 e. The molecule has 2 heterocycles. The summed E-state index contributed by atoms with van der Waals surface area (Å²) in [5.74, 6) is 0.917. The highest BCUT2D eigenvalue weighted by atomic mass is 15.2. The van der Waals surface area contributed by atoms with Crippen LogP contribution in [0.5, 0.6) is 0 Å². The summed E-state index contributed by atoms with van der Waals surface area (Å²) in [5.41, 5.74) is 4.34. The maximum absolute atomic E-state index is 9.11. The van der Waals surface area contributed by atoms with Crippen molar-refractivity contribution in [2.75, 3.05) is 18.0 Å². The van der Waals surface area contributed by atoms with Crippen LogP contribution >= 0.6 is 0 Å². The maximum atomic E-state index is 9.11. The van der Waals surface area contributed by atoms with Crippen LogP contribution in [0.15, 0.2) is 36.4 Å². The average molecular weight is 263 g/mol. The van der Waals surface area contributed by atoms with Crippen molar-refractivity contribution in [3.05, 3.63) is 58.8 Å². The van der Waals surface area contributed by atoms with Gasteiger partial charge in [0.25, 0.3) is 0 Å². The van der Waals surface area contributed by atoms with Crippen LogP contribution in [-0.4, -0.2) is 18.1 Å². The molecule has 0 saturated heterocycles. The Morgan fingerprint density at radius 2 is 1.70 bits per heavy atom. The largest absolute Gasteiger partial charge is 0.356 e. The number of benzene rings is 1. The van der Waals surface area contributed by atoms with Gasteiger partial charge in [-0.1, -0.05) is 30.3 Å². The third-order valence-corrected chi connectivity index (χ3v) is 3.93. The predicted octanol–water partition coefficient (Wildman–Crippen LogP) is 2.87. The Balaban J connectivity index is 1.85.